The van der Waals surface area contributed by atoms with Crippen molar-refractivity contribution in [1.29, 1.82) is 0 Å². The van der Waals surface area contributed by atoms with Crippen LogP contribution in [0.1, 0.15) is 10.4 Å². The van der Waals surface area contributed by atoms with E-state index in [0.29, 0.717) is 29.4 Å². The van der Waals surface area contributed by atoms with Gasteiger partial charge in [-0.15, -0.1) is 0 Å². The van der Waals surface area contributed by atoms with Gasteiger partial charge in [0.1, 0.15) is 5.75 Å². The van der Waals surface area contributed by atoms with Crippen molar-refractivity contribution in [3.63, 3.8) is 0 Å². The van der Waals surface area contributed by atoms with Crippen molar-refractivity contribution >= 4 is 28.8 Å². The van der Waals surface area contributed by atoms with Crippen molar-refractivity contribution in [2.24, 2.45) is 0 Å². The van der Waals surface area contributed by atoms with Gasteiger partial charge in [-0.2, -0.15) is 16.4 Å². The van der Waals surface area contributed by atoms with Gasteiger partial charge < -0.3 is 10.1 Å². The molecule has 0 saturated carbocycles. The minimum atomic E-state index is -0.223. The van der Waals surface area contributed by atoms with E-state index in [0.717, 1.165) is 11.3 Å². The van der Waals surface area contributed by atoms with E-state index in [1.165, 1.54) is 7.11 Å². The van der Waals surface area contributed by atoms with Gasteiger partial charge in [-0.05, 0) is 35.7 Å². The van der Waals surface area contributed by atoms with E-state index >= 15 is 0 Å². The molecule has 0 spiro atoms. The zero-order chi connectivity index (χ0) is 16.9. The van der Waals surface area contributed by atoms with E-state index in [4.69, 9.17) is 16.3 Å². The third-order valence-electron chi connectivity index (χ3n) is 3.49. The average Bonchev–Trinajstić information content (AvgIpc) is 3.26. The van der Waals surface area contributed by atoms with E-state index < -0.39 is 0 Å². The van der Waals surface area contributed by atoms with Crippen molar-refractivity contribution in [2.45, 2.75) is 6.54 Å². The highest BCUT2D eigenvalue weighted by atomic mass is 35.5. The van der Waals surface area contributed by atoms with Gasteiger partial charge in [-0.3, -0.25) is 9.48 Å². The molecule has 2 aromatic heterocycles. The first-order valence-electron chi connectivity index (χ1n) is 7.35. The highest BCUT2D eigenvalue weighted by molar-refractivity contribution is 7.08. The van der Waals surface area contributed by atoms with Gasteiger partial charge in [-0.25, -0.2) is 0 Å². The number of carbonyl (C=O) groups excluding carboxylic acids is 1. The first-order valence-corrected chi connectivity index (χ1v) is 8.67. The van der Waals surface area contributed by atoms with Gasteiger partial charge in [0.15, 0.2) is 0 Å². The number of carbonyl (C=O) groups is 1. The molecule has 3 rings (SSSR count). The Labute approximate surface area is 148 Å². The molecule has 7 heteroatoms. The van der Waals surface area contributed by atoms with Crippen LogP contribution in [0.4, 0.5) is 0 Å². The molecule has 0 bridgehead atoms. The van der Waals surface area contributed by atoms with Crippen LogP contribution >= 0.6 is 22.9 Å². The highest BCUT2D eigenvalue weighted by Gasteiger charge is 2.12. The van der Waals surface area contributed by atoms with Crippen LogP contribution in [-0.4, -0.2) is 29.3 Å². The van der Waals surface area contributed by atoms with E-state index in [1.807, 2.05) is 28.4 Å². The number of nitrogens with zero attached hydrogens (tertiary/aromatic N) is 2. The minimum Gasteiger partial charge on any atom is -0.496 e. The van der Waals surface area contributed by atoms with E-state index in [1.54, 1.807) is 29.5 Å². The van der Waals surface area contributed by atoms with Gasteiger partial charge in [-0.1, -0.05) is 11.6 Å². The lowest BCUT2D eigenvalue weighted by Gasteiger charge is -2.09. The number of aromatic nitrogens is 2. The van der Waals surface area contributed by atoms with Crippen LogP contribution in [0.3, 0.4) is 0 Å². The second-order valence-electron chi connectivity index (χ2n) is 5.08. The Hall–Kier alpha value is -2.31. The van der Waals surface area contributed by atoms with Gasteiger partial charge in [0.05, 0.1) is 24.9 Å². The number of hydrogen-bond acceptors (Lipinski definition) is 4. The number of benzene rings is 1. The SMILES string of the molecule is COc1ccc(Cl)cc1C(=O)NCCn1ccc(-c2ccsc2)n1. The van der Waals surface area contributed by atoms with Crippen molar-refractivity contribution in [3.8, 4) is 17.0 Å². The van der Waals surface area contributed by atoms with Crippen molar-refractivity contribution in [1.82, 2.24) is 15.1 Å². The predicted octanol–water partition coefficient (Wildman–Crippen LogP) is 3.70. The number of amides is 1. The number of hydrogen-bond donors (Lipinski definition) is 1. The van der Waals surface area contributed by atoms with Crippen molar-refractivity contribution < 1.29 is 9.53 Å². The molecular formula is C17H16ClN3O2S. The molecular weight excluding hydrogens is 346 g/mol. The molecule has 124 valence electrons. The predicted molar refractivity (Wildman–Crippen MR) is 95.9 cm³/mol. The molecule has 1 amide bonds. The van der Waals surface area contributed by atoms with Crippen LogP contribution in [-0.2, 0) is 6.54 Å². The van der Waals surface area contributed by atoms with Crippen molar-refractivity contribution in [3.05, 3.63) is 57.9 Å². The Morgan fingerprint density at radius 2 is 2.25 bits per heavy atom. The topological polar surface area (TPSA) is 56.1 Å². The Kier molecular flexibility index (Phi) is 5.17. The monoisotopic (exact) mass is 361 g/mol. The largest absolute Gasteiger partial charge is 0.496 e. The molecule has 1 aromatic carbocycles. The van der Waals surface area contributed by atoms with Crippen LogP contribution in [0.15, 0.2) is 47.3 Å². The molecule has 0 aliphatic heterocycles. The summed E-state index contributed by atoms with van der Waals surface area (Å²) >= 11 is 7.59. The summed E-state index contributed by atoms with van der Waals surface area (Å²) in [7, 11) is 1.52. The van der Waals surface area contributed by atoms with E-state index in [-0.39, 0.29) is 5.91 Å². The van der Waals surface area contributed by atoms with Crippen LogP contribution in [0.25, 0.3) is 11.3 Å². The fourth-order valence-electron chi connectivity index (χ4n) is 2.29. The Bertz CT molecular complexity index is 830. The number of ether oxygens (including phenoxy) is 1. The summed E-state index contributed by atoms with van der Waals surface area (Å²) < 4.78 is 7.00. The van der Waals surface area contributed by atoms with Gasteiger partial charge >= 0.3 is 0 Å². The molecule has 0 radical (unpaired) electrons. The molecule has 0 fully saturated rings. The maximum absolute atomic E-state index is 12.3. The van der Waals surface area contributed by atoms with Crippen LogP contribution < -0.4 is 10.1 Å². The van der Waals surface area contributed by atoms with Gasteiger partial charge in [0.25, 0.3) is 5.91 Å². The maximum atomic E-state index is 12.3. The normalized spacial score (nSPS) is 10.6. The van der Waals surface area contributed by atoms with Crippen molar-refractivity contribution in [2.75, 3.05) is 13.7 Å². The number of nitrogens with one attached hydrogen (secondary N) is 1. The molecule has 2 heterocycles. The number of rotatable bonds is 6. The summed E-state index contributed by atoms with van der Waals surface area (Å²) in [5.74, 6) is 0.273. The zero-order valence-electron chi connectivity index (χ0n) is 13.0. The second kappa shape index (κ2) is 7.51. The summed E-state index contributed by atoms with van der Waals surface area (Å²) in [6, 6.07) is 8.96. The first kappa shape index (κ1) is 16.5. The average molecular weight is 362 g/mol. The molecule has 5 nitrogen and oxygen atoms in total. The lowest BCUT2D eigenvalue weighted by Crippen LogP contribution is -2.27. The summed E-state index contributed by atoms with van der Waals surface area (Å²) in [5, 5.41) is 11.9. The third kappa shape index (κ3) is 3.77. The Morgan fingerprint density at radius 1 is 1.38 bits per heavy atom. The summed E-state index contributed by atoms with van der Waals surface area (Å²) in [6.07, 6.45) is 1.90. The molecule has 0 aliphatic rings. The zero-order valence-corrected chi connectivity index (χ0v) is 14.6. The van der Waals surface area contributed by atoms with Gasteiger partial charge in [0.2, 0.25) is 0 Å². The van der Waals surface area contributed by atoms with Crippen LogP contribution in [0.2, 0.25) is 5.02 Å². The molecule has 0 atom stereocenters. The fourth-order valence-corrected chi connectivity index (χ4v) is 3.11. The number of methoxy groups -OCH3 is 1. The quantitative estimate of drug-likeness (QED) is 0.728. The second-order valence-corrected chi connectivity index (χ2v) is 6.29. The van der Waals surface area contributed by atoms with Gasteiger partial charge in [0, 0.05) is 28.7 Å². The molecule has 0 aliphatic carbocycles. The van der Waals surface area contributed by atoms with E-state index in [2.05, 4.69) is 15.8 Å². The fraction of sp³-hybridized carbons (Fsp3) is 0.176. The molecule has 0 unspecified atom stereocenters. The van der Waals surface area contributed by atoms with E-state index in [9.17, 15) is 4.79 Å². The first-order chi connectivity index (χ1) is 11.7. The minimum absolute atomic E-state index is 0.223. The Morgan fingerprint density at radius 3 is 3.00 bits per heavy atom. The molecule has 0 saturated heterocycles. The third-order valence-corrected chi connectivity index (χ3v) is 4.41. The van der Waals surface area contributed by atoms with Crippen LogP contribution in [0, 0.1) is 0 Å². The molecule has 3 aromatic rings. The smallest absolute Gasteiger partial charge is 0.255 e. The summed E-state index contributed by atoms with van der Waals surface area (Å²) in [6.45, 7) is 1.04. The molecule has 1 N–H and O–H groups in total. The maximum Gasteiger partial charge on any atom is 0.255 e. The highest BCUT2D eigenvalue weighted by Crippen LogP contribution is 2.22. The summed E-state index contributed by atoms with van der Waals surface area (Å²) in [5.41, 5.74) is 2.45. The summed E-state index contributed by atoms with van der Waals surface area (Å²) in [4.78, 5) is 12.3. The lowest BCUT2D eigenvalue weighted by atomic mass is 10.2. The molecule has 24 heavy (non-hydrogen) atoms. The standard InChI is InChI=1S/C17H16ClN3O2S/c1-23-16-3-2-13(18)10-14(16)17(22)19-6-8-21-7-4-15(20-21)12-5-9-24-11-12/h2-5,7,9-11H,6,8H2,1H3,(H,19,22). The Balaban J connectivity index is 1.59. The number of thiophene rings is 1. The lowest BCUT2D eigenvalue weighted by molar-refractivity contribution is 0.0949. The number of halogens is 1. The van der Waals surface area contributed by atoms with Crippen LogP contribution in [0.5, 0.6) is 5.75 Å².